The fourth-order valence-corrected chi connectivity index (χ4v) is 7.21. The fourth-order valence-electron chi connectivity index (χ4n) is 3.80. The molecule has 1 heterocycles. The van der Waals surface area contributed by atoms with Gasteiger partial charge in [0.15, 0.2) is 0 Å². The minimum atomic E-state index is -0.557. The monoisotopic (exact) mass is 309 g/mol. The van der Waals surface area contributed by atoms with Gasteiger partial charge in [0.25, 0.3) is 0 Å². The molecule has 1 atom stereocenters. The molecule has 124 valence electrons. The molecule has 0 N–H and O–H groups in total. The molecule has 1 fully saturated rings. The molecule has 1 rings (SSSR count). The van der Waals surface area contributed by atoms with Crippen LogP contribution in [0.2, 0.25) is 18.1 Å². The molecule has 0 radical (unpaired) electrons. The van der Waals surface area contributed by atoms with Crippen LogP contribution in [0.1, 0.15) is 72.1 Å². The first-order valence-electron chi connectivity index (χ1n) is 9.60. The topological polar surface area (TPSA) is 3.24 Å². The molecule has 0 saturated carbocycles. The Morgan fingerprint density at radius 3 is 1.90 bits per heavy atom. The van der Waals surface area contributed by atoms with Crippen molar-refractivity contribution < 1.29 is 0 Å². The summed E-state index contributed by atoms with van der Waals surface area (Å²) in [6.07, 6.45) is 11.3. The van der Waals surface area contributed by atoms with Crippen molar-refractivity contribution in [3.05, 3.63) is 12.2 Å². The standard InChI is InChI=1S/C19H39NSi/c1-5-15-21(16-6-2)17-18(3)19(4)20-13-11-9-7-8-10-12-14-20/h19,21H,3,5-17H2,1-2,4H3. The molecule has 1 aliphatic rings. The van der Waals surface area contributed by atoms with E-state index in [1.807, 2.05) is 0 Å². The van der Waals surface area contributed by atoms with Crippen LogP contribution >= 0.6 is 0 Å². The Balaban J connectivity index is 2.48. The lowest BCUT2D eigenvalue weighted by Gasteiger charge is -2.31. The Kier molecular flexibility index (Phi) is 10.4. The molecule has 0 aliphatic carbocycles. The first-order chi connectivity index (χ1) is 10.2. The smallest absolute Gasteiger partial charge is 0.0409 e. The summed E-state index contributed by atoms with van der Waals surface area (Å²) in [7, 11) is -0.557. The second-order valence-corrected chi connectivity index (χ2v) is 10.4. The van der Waals surface area contributed by atoms with E-state index in [9.17, 15) is 0 Å². The second kappa shape index (κ2) is 11.5. The predicted molar refractivity (Wildman–Crippen MR) is 100 cm³/mol. The van der Waals surface area contributed by atoms with Gasteiger partial charge < -0.3 is 0 Å². The van der Waals surface area contributed by atoms with Crippen LogP contribution < -0.4 is 0 Å². The van der Waals surface area contributed by atoms with Gasteiger partial charge in [-0.25, -0.2) is 0 Å². The lowest BCUT2D eigenvalue weighted by Crippen LogP contribution is -2.36. The van der Waals surface area contributed by atoms with E-state index in [4.69, 9.17) is 0 Å². The molecule has 1 unspecified atom stereocenters. The summed E-state index contributed by atoms with van der Waals surface area (Å²) >= 11 is 0. The van der Waals surface area contributed by atoms with E-state index >= 15 is 0 Å². The van der Waals surface area contributed by atoms with Crippen LogP contribution in [-0.2, 0) is 0 Å². The quantitative estimate of drug-likeness (QED) is 0.414. The van der Waals surface area contributed by atoms with Crippen molar-refractivity contribution in [3.8, 4) is 0 Å². The summed E-state index contributed by atoms with van der Waals surface area (Å²) in [6.45, 7) is 14.2. The fraction of sp³-hybridized carbons (Fsp3) is 0.895. The van der Waals surface area contributed by atoms with E-state index in [1.54, 1.807) is 5.57 Å². The van der Waals surface area contributed by atoms with Gasteiger partial charge in [0.1, 0.15) is 0 Å². The van der Waals surface area contributed by atoms with Gasteiger partial charge in [0, 0.05) is 14.8 Å². The summed E-state index contributed by atoms with van der Waals surface area (Å²) in [6, 6.07) is 5.03. The number of nitrogens with zero attached hydrogens (tertiary/aromatic N) is 1. The van der Waals surface area contributed by atoms with E-state index in [1.165, 1.54) is 82.6 Å². The van der Waals surface area contributed by atoms with Gasteiger partial charge in [-0.05, 0) is 38.9 Å². The summed E-state index contributed by atoms with van der Waals surface area (Å²) in [5.41, 5.74) is 1.55. The van der Waals surface area contributed by atoms with Crippen molar-refractivity contribution in [1.82, 2.24) is 4.90 Å². The Morgan fingerprint density at radius 2 is 1.43 bits per heavy atom. The first-order valence-corrected chi connectivity index (χ1v) is 12.1. The zero-order valence-corrected chi connectivity index (χ0v) is 16.2. The van der Waals surface area contributed by atoms with Crippen molar-refractivity contribution in [2.45, 2.75) is 96.3 Å². The SMILES string of the molecule is C=C(C[SiH](CCC)CCC)C(C)N1CCCCCCCC1. The molecule has 0 aromatic rings. The summed E-state index contributed by atoms with van der Waals surface area (Å²) < 4.78 is 0. The summed E-state index contributed by atoms with van der Waals surface area (Å²) in [5, 5.41) is 0. The third-order valence-corrected chi connectivity index (χ3v) is 9.11. The Hall–Kier alpha value is -0.0831. The molecule has 1 nitrogen and oxygen atoms in total. The van der Waals surface area contributed by atoms with Crippen molar-refractivity contribution >= 4 is 8.80 Å². The molecular formula is C19H39NSi. The van der Waals surface area contributed by atoms with Gasteiger partial charge >= 0.3 is 0 Å². The minimum Gasteiger partial charge on any atom is -0.297 e. The summed E-state index contributed by atoms with van der Waals surface area (Å²) in [4.78, 5) is 2.73. The predicted octanol–water partition coefficient (Wildman–Crippen LogP) is 5.63. The van der Waals surface area contributed by atoms with Gasteiger partial charge in [0.05, 0.1) is 0 Å². The lowest BCUT2D eigenvalue weighted by atomic mass is 10.1. The molecule has 0 spiro atoms. The van der Waals surface area contributed by atoms with Crippen LogP contribution in [0.4, 0.5) is 0 Å². The molecule has 0 bridgehead atoms. The van der Waals surface area contributed by atoms with Crippen LogP contribution in [0.5, 0.6) is 0 Å². The highest BCUT2D eigenvalue weighted by molar-refractivity contribution is 6.59. The Labute approximate surface area is 135 Å². The highest BCUT2D eigenvalue weighted by Gasteiger charge is 2.20. The molecule has 0 aromatic carbocycles. The molecule has 2 heteroatoms. The Bertz CT molecular complexity index is 261. The van der Waals surface area contributed by atoms with Crippen LogP contribution in [0.3, 0.4) is 0 Å². The van der Waals surface area contributed by atoms with Gasteiger partial charge in [-0.1, -0.05) is 76.6 Å². The maximum atomic E-state index is 4.50. The van der Waals surface area contributed by atoms with E-state index < -0.39 is 8.80 Å². The molecule has 0 amide bonds. The third kappa shape index (κ3) is 7.65. The molecule has 1 saturated heterocycles. The highest BCUT2D eigenvalue weighted by Crippen LogP contribution is 2.22. The average molecular weight is 310 g/mol. The zero-order chi connectivity index (χ0) is 15.5. The lowest BCUT2D eigenvalue weighted by molar-refractivity contribution is 0.229. The van der Waals surface area contributed by atoms with Gasteiger partial charge in [-0.2, -0.15) is 0 Å². The van der Waals surface area contributed by atoms with E-state index in [0.29, 0.717) is 6.04 Å². The summed E-state index contributed by atoms with van der Waals surface area (Å²) in [5.74, 6) is 0. The van der Waals surface area contributed by atoms with E-state index in [0.717, 1.165) is 0 Å². The third-order valence-electron chi connectivity index (χ3n) is 5.22. The Morgan fingerprint density at radius 1 is 0.952 bits per heavy atom. The van der Waals surface area contributed by atoms with Crippen LogP contribution in [0, 0.1) is 0 Å². The van der Waals surface area contributed by atoms with E-state index in [2.05, 4.69) is 32.3 Å². The van der Waals surface area contributed by atoms with Crippen LogP contribution in [-0.4, -0.2) is 32.8 Å². The number of rotatable bonds is 8. The maximum Gasteiger partial charge on any atom is 0.0409 e. The molecule has 21 heavy (non-hydrogen) atoms. The normalized spacial score (nSPS) is 19.8. The van der Waals surface area contributed by atoms with Crippen LogP contribution in [0.25, 0.3) is 0 Å². The zero-order valence-electron chi connectivity index (χ0n) is 15.0. The van der Waals surface area contributed by atoms with Crippen molar-refractivity contribution in [2.75, 3.05) is 13.1 Å². The molecule has 0 aromatic heterocycles. The minimum absolute atomic E-state index is 0.557. The van der Waals surface area contributed by atoms with Crippen molar-refractivity contribution in [1.29, 1.82) is 0 Å². The second-order valence-electron chi connectivity index (χ2n) is 7.14. The van der Waals surface area contributed by atoms with Crippen molar-refractivity contribution in [3.63, 3.8) is 0 Å². The maximum absolute atomic E-state index is 4.50. The first kappa shape index (κ1) is 19.0. The average Bonchev–Trinajstić information content (AvgIpc) is 2.60. The largest absolute Gasteiger partial charge is 0.297 e. The van der Waals surface area contributed by atoms with E-state index in [-0.39, 0.29) is 0 Å². The van der Waals surface area contributed by atoms with Gasteiger partial charge in [-0.3, -0.25) is 4.90 Å². The molecular weight excluding hydrogens is 270 g/mol. The molecule has 1 aliphatic heterocycles. The number of hydrogen-bond acceptors (Lipinski definition) is 1. The highest BCUT2D eigenvalue weighted by atomic mass is 28.3. The van der Waals surface area contributed by atoms with Gasteiger partial charge in [-0.15, -0.1) is 0 Å². The number of hydrogen-bond donors (Lipinski definition) is 0. The van der Waals surface area contributed by atoms with Crippen LogP contribution in [0.15, 0.2) is 12.2 Å². The van der Waals surface area contributed by atoms with Gasteiger partial charge in [0.2, 0.25) is 0 Å². The van der Waals surface area contributed by atoms with Crippen molar-refractivity contribution in [2.24, 2.45) is 0 Å².